The van der Waals surface area contributed by atoms with Crippen molar-refractivity contribution in [1.82, 2.24) is 10.2 Å². The number of nitrogens with zero attached hydrogens (tertiary/aromatic N) is 1. The van der Waals surface area contributed by atoms with Gasteiger partial charge in [-0.15, -0.1) is 0 Å². The van der Waals surface area contributed by atoms with Gasteiger partial charge in [-0.2, -0.15) is 0 Å². The van der Waals surface area contributed by atoms with Crippen molar-refractivity contribution in [2.24, 2.45) is 0 Å². The molecule has 0 amide bonds. The second-order valence-corrected chi connectivity index (χ2v) is 6.64. The second-order valence-electron chi connectivity index (χ2n) is 5.84. The topological polar surface area (TPSA) is 32.3 Å². The van der Waals surface area contributed by atoms with E-state index in [1.54, 1.807) is 0 Å². The van der Waals surface area contributed by atoms with Crippen molar-refractivity contribution >= 4 is 34.7 Å². The summed E-state index contributed by atoms with van der Waals surface area (Å²) in [4.78, 5) is 15.2. The quantitative estimate of drug-likeness (QED) is 0.622. The molecule has 0 bridgehead atoms. The van der Waals surface area contributed by atoms with Crippen LogP contribution in [0.4, 0.5) is 0 Å². The van der Waals surface area contributed by atoms with Crippen LogP contribution in [-0.4, -0.2) is 22.3 Å². The molecule has 128 valence electrons. The molecule has 0 aromatic heterocycles. The lowest BCUT2D eigenvalue weighted by molar-refractivity contribution is 0.102. The Balaban J connectivity index is 2.16. The number of carbonyl (C=O) groups is 1. The van der Waals surface area contributed by atoms with E-state index in [9.17, 15) is 4.79 Å². The number of halogens is 1. The summed E-state index contributed by atoms with van der Waals surface area (Å²) in [7, 11) is 0. The number of allylic oxidation sites excluding steroid dienone is 1. The summed E-state index contributed by atoms with van der Waals surface area (Å²) >= 11 is 11.9. The lowest BCUT2D eigenvalue weighted by atomic mass is 9.89. The molecule has 0 saturated carbocycles. The molecule has 2 aromatic carbocycles. The summed E-state index contributed by atoms with van der Waals surface area (Å²) in [6, 6.07) is 16.5. The van der Waals surface area contributed by atoms with Crippen LogP contribution in [0.15, 0.2) is 65.9 Å². The highest BCUT2D eigenvalue weighted by molar-refractivity contribution is 7.80. The predicted molar refractivity (Wildman–Crippen MR) is 106 cm³/mol. The molecule has 5 heteroatoms. The van der Waals surface area contributed by atoms with Gasteiger partial charge in [0.2, 0.25) is 0 Å². The van der Waals surface area contributed by atoms with Crippen LogP contribution < -0.4 is 5.32 Å². The van der Waals surface area contributed by atoms with E-state index in [4.69, 9.17) is 23.8 Å². The lowest BCUT2D eigenvalue weighted by Gasteiger charge is -2.37. The van der Waals surface area contributed by atoms with Crippen LogP contribution in [0.5, 0.6) is 0 Å². The molecule has 2 aromatic rings. The monoisotopic (exact) mass is 370 g/mol. The summed E-state index contributed by atoms with van der Waals surface area (Å²) in [5.74, 6) is -0.0172. The molecule has 0 saturated heterocycles. The molecule has 0 aliphatic carbocycles. The third-order valence-corrected chi connectivity index (χ3v) is 5.09. The van der Waals surface area contributed by atoms with Crippen LogP contribution in [-0.2, 0) is 0 Å². The first-order valence-corrected chi connectivity index (χ1v) is 8.96. The summed E-state index contributed by atoms with van der Waals surface area (Å²) in [5.41, 5.74) is 3.04. The van der Waals surface area contributed by atoms with E-state index < -0.39 is 0 Å². The Morgan fingerprint density at radius 3 is 2.44 bits per heavy atom. The normalized spacial score (nSPS) is 17.5. The molecule has 0 radical (unpaired) electrons. The van der Waals surface area contributed by atoms with Crippen LogP contribution in [0.1, 0.15) is 35.8 Å². The average Bonchev–Trinajstić information content (AvgIpc) is 2.62. The molecule has 25 heavy (non-hydrogen) atoms. The zero-order valence-electron chi connectivity index (χ0n) is 14.1. The molecular weight excluding hydrogens is 352 g/mol. The van der Waals surface area contributed by atoms with Gasteiger partial charge in [0.05, 0.1) is 6.04 Å². The van der Waals surface area contributed by atoms with Gasteiger partial charge in [0.25, 0.3) is 0 Å². The van der Waals surface area contributed by atoms with Crippen molar-refractivity contribution in [3.05, 3.63) is 82.0 Å². The van der Waals surface area contributed by atoms with E-state index in [1.807, 2.05) is 73.3 Å². The van der Waals surface area contributed by atoms with E-state index in [0.29, 0.717) is 27.8 Å². The number of hydrogen-bond donors (Lipinski definition) is 1. The maximum atomic E-state index is 13.3. The minimum atomic E-state index is -0.364. The molecule has 0 spiro atoms. The van der Waals surface area contributed by atoms with Crippen LogP contribution in [0, 0.1) is 0 Å². The van der Waals surface area contributed by atoms with Crippen molar-refractivity contribution in [1.29, 1.82) is 0 Å². The first-order valence-electron chi connectivity index (χ1n) is 8.17. The van der Waals surface area contributed by atoms with Gasteiger partial charge in [0.1, 0.15) is 0 Å². The molecule has 1 unspecified atom stereocenters. The maximum Gasteiger partial charge on any atom is 0.193 e. The minimum Gasteiger partial charge on any atom is -0.351 e. The Morgan fingerprint density at radius 2 is 1.80 bits per heavy atom. The lowest BCUT2D eigenvalue weighted by Crippen LogP contribution is -2.47. The third-order valence-electron chi connectivity index (χ3n) is 4.41. The molecule has 1 aliphatic rings. The number of benzene rings is 2. The molecular formula is C20H19ClN2OS. The fourth-order valence-electron chi connectivity index (χ4n) is 3.14. The van der Waals surface area contributed by atoms with Gasteiger partial charge in [0.15, 0.2) is 10.9 Å². The Morgan fingerprint density at radius 1 is 1.16 bits per heavy atom. The van der Waals surface area contributed by atoms with Gasteiger partial charge in [-0.3, -0.25) is 4.79 Å². The van der Waals surface area contributed by atoms with Crippen LogP contribution >= 0.6 is 23.8 Å². The highest BCUT2D eigenvalue weighted by Crippen LogP contribution is 2.35. The van der Waals surface area contributed by atoms with Gasteiger partial charge < -0.3 is 10.2 Å². The number of carbonyl (C=O) groups excluding carboxylic acids is 1. The zero-order valence-corrected chi connectivity index (χ0v) is 15.7. The number of hydrogen-bond acceptors (Lipinski definition) is 2. The molecule has 1 heterocycles. The number of ketones is 1. The molecule has 1 aliphatic heterocycles. The number of Topliss-reactive ketones (excluding diaryl/α,β-unsaturated/α-hetero) is 1. The fourth-order valence-corrected chi connectivity index (χ4v) is 3.77. The van der Waals surface area contributed by atoms with Gasteiger partial charge in [-0.1, -0.05) is 60.1 Å². The highest BCUT2D eigenvalue weighted by atomic mass is 35.5. The summed E-state index contributed by atoms with van der Waals surface area (Å²) < 4.78 is 0. The Hall–Kier alpha value is -2.17. The molecule has 0 fully saturated rings. The smallest absolute Gasteiger partial charge is 0.193 e. The van der Waals surface area contributed by atoms with Crippen LogP contribution in [0.2, 0.25) is 5.02 Å². The first-order chi connectivity index (χ1) is 12.0. The highest BCUT2D eigenvalue weighted by Gasteiger charge is 2.34. The minimum absolute atomic E-state index is 0.0172. The third kappa shape index (κ3) is 3.32. The first kappa shape index (κ1) is 17.6. The van der Waals surface area contributed by atoms with Crippen molar-refractivity contribution in [3.8, 4) is 0 Å². The van der Waals surface area contributed by atoms with Gasteiger partial charge in [0, 0.05) is 28.4 Å². The van der Waals surface area contributed by atoms with E-state index in [-0.39, 0.29) is 11.8 Å². The van der Waals surface area contributed by atoms with Crippen molar-refractivity contribution in [2.45, 2.75) is 19.9 Å². The van der Waals surface area contributed by atoms with E-state index in [0.717, 1.165) is 11.3 Å². The molecule has 1 atom stereocenters. The fraction of sp³-hybridized carbons (Fsp3) is 0.200. The van der Waals surface area contributed by atoms with Crippen LogP contribution in [0.25, 0.3) is 0 Å². The Labute approximate surface area is 158 Å². The van der Waals surface area contributed by atoms with Crippen molar-refractivity contribution in [2.75, 3.05) is 6.54 Å². The summed E-state index contributed by atoms with van der Waals surface area (Å²) in [6.07, 6.45) is 0. The second kappa shape index (κ2) is 7.38. The largest absolute Gasteiger partial charge is 0.351 e. The van der Waals surface area contributed by atoms with Crippen molar-refractivity contribution < 1.29 is 4.79 Å². The molecule has 3 nitrogen and oxygen atoms in total. The maximum absolute atomic E-state index is 13.3. The van der Waals surface area contributed by atoms with Gasteiger partial charge in [-0.05, 0) is 37.7 Å². The molecule has 1 N–H and O–H groups in total. The number of rotatable bonds is 4. The van der Waals surface area contributed by atoms with E-state index >= 15 is 0 Å². The number of thiocarbonyl (C=S) groups is 1. The van der Waals surface area contributed by atoms with Gasteiger partial charge >= 0.3 is 0 Å². The number of nitrogens with one attached hydrogen (secondary N) is 1. The van der Waals surface area contributed by atoms with E-state index in [1.165, 1.54) is 0 Å². The van der Waals surface area contributed by atoms with Crippen molar-refractivity contribution in [3.63, 3.8) is 0 Å². The van der Waals surface area contributed by atoms with Crippen LogP contribution in [0.3, 0.4) is 0 Å². The summed E-state index contributed by atoms with van der Waals surface area (Å²) in [5, 5.41) is 4.52. The SMILES string of the molecule is CCN1C(=S)NC(c2ccccc2Cl)C(C(=O)c2ccccc2)=C1C. The Bertz CT molecular complexity index is 848. The zero-order chi connectivity index (χ0) is 18.0. The summed E-state index contributed by atoms with van der Waals surface area (Å²) in [6.45, 7) is 4.65. The molecule has 3 rings (SSSR count). The standard InChI is InChI=1S/C20H19ClN2OS/c1-3-23-13(2)17(19(24)14-9-5-4-6-10-14)18(22-20(23)25)15-11-7-8-12-16(15)21/h4-12,18H,3H2,1-2H3,(H,22,25). The predicted octanol–water partition coefficient (Wildman–Crippen LogP) is 4.75. The van der Waals surface area contributed by atoms with E-state index in [2.05, 4.69) is 5.32 Å². The van der Waals surface area contributed by atoms with Gasteiger partial charge in [-0.25, -0.2) is 0 Å². The average molecular weight is 371 g/mol. The Kier molecular flexibility index (Phi) is 5.21.